The van der Waals surface area contributed by atoms with Crippen LogP contribution in [-0.2, 0) is 13.0 Å². The molecular formula is C16H20BNO2. The van der Waals surface area contributed by atoms with Crippen LogP contribution in [0.15, 0.2) is 40.7 Å². The first-order chi connectivity index (χ1) is 9.90. The summed E-state index contributed by atoms with van der Waals surface area (Å²) in [5.41, 5.74) is 0.901. The molecule has 2 aromatic rings. The van der Waals surface area contributed by atoms with E-state index in [0.717, 1.165) is 42.6 Å². The van der Waals surface area contributed by atoms with Gasteiger partial charge in [0.25, 0.3) is 0 Å². The number of hydrogen-bond donors (Lipinski definition) is 1. The van der Waals surface area contributed by atoms with Gasteiger partial charge in [-0.15, -0.1) is 0 Å². The number of piperidine rings is 1. The fourth-order valence-electron chi connectivity index (χ4n) is 2.65. The summed E-state index contributed by atoms with van der Waals surface area (Å²) in [4.78, 5) is 0. The van der Waals surface area contributed by atoms with Crippen molar-refractivity contribution < 1.29 is 9.15 Å². The molecule has 4 heteroatoms. The van der Waals surface area contributed by atoms with E-state index >= 15 is 0 Å². The third-order valence-corrected chi connectivity index (χ3v) is 3.79. The number of ether oxygens (including phenoxy) is 1. The summed E-state index contributed by atoms with van der Waals surface area (Å²) >= 11 is 0. The van der Waals surface area contributed by atoms with E-state index in [1.807, 2.05) is 37.2 Å². The predicted octanol–water partition coefficient (Wildman–Crippen LogP) is 2.74. The van der Waals surface area contributed by atoms with Gasteiger partial charge in [0.2, 0.25) is 0 Å². The molecular weight excluding hydrogens is 249 g/mol. The number of hydrogen-bond acceptors (Lipinski definition) is 3. The van der Waals surface area contributed by atoms with Crippen molar-refractivity contribution in [2.45, 2.75) is 25.9 Å². The van der Waals surface area contributed by atoms with Gasteiger partial charge in [0, 0.05) is 0 Å². The zero-order chi connectivity index (χ0) is 13.6. The predicted molar refractivity (Wildman–Crippen MR) is 80.1 cm³/mol. The molecule has 0 saturated carbocycles. The molecule has 0 atom stereocenters. The minimum absolute atomic E-state index is 0.496. The topological polar surface area (TPSA) is 34.4 Å². The second-order valence-electron chi connectivity index (χ2n) is 5.37. The van der Waals surface area contributed by atoms with Gasteiger partial charge in [0.15, 0.2) is 0 Å². The second-order valence-corrected chi connectivity index (χ2v) is 5.37. The van der Waals surface area contributed by atoms with E-state index in [0.29, 0.717) is 6.61 Å². The van der Waals surface area contributed by atoms with Gasteiger partial charge >= 0.3 is 120 Å². The fourth-order valence-corrected chi connectivity index (χ4v) is 2.65. The molecule has 3 rings (SSSR count). The third-order valence-electron chi connectivity index (χ3n) is 3.79. The Morgan fingerprint density at radius 1 is 1.20 bits per heavy atom. The van der Waals surface area contributed by atoms with Crippen molar-refractivity contribution in [2.24, 2.45) is 5.92 Å². The molecule has 1 aromatic carbocycles. The van der Waals surface area contributed by atoms with Crippen LogP contribution in [0.25, 0.3) is 0 Å². The molecule has 0 radical (unpaired) electrons. The van der Waals surface area contributed by atoms with E-state index < -0.39 is 0 Å². The van der Waals surface area contributed by atoms with Crippen LogP contribution >= 0.6 is 0 Å². The molecule has 0 bridgehead atoms. The zero-order valence-corrected chi connectivity index (χ0v) is 11.7. The van der Waals surface area contributed by atoms with Crippen molar-refractivity contribution >= 4 is 6.91 Å². The van der Waals surface area contributed by atoms with E-state index in [2.05, 4.69) is 11.3 Å². The fraction of sp³-hybridized carbons (Fsp3) is 0.438. The van der Waals surface area contributed by atoms with Crippen molar-refractivity contribution in [1.82, 2.24) is 5.32 Å². The molecule has 104 valence electrons. The summed E-state index contributed by atoms with van der Waals surface area (Å²) in [5.74, 6) is 4.81. The summed E-state index contributed by atoms with van der Waals surface area (Å²) in [5, 5.41) is 3.39. The summed E-state index contributed by atoms with van der Waals surface area (Å²) in [6.07, 6.45) is 3.54. The Hall–Kier alpha value is -1.55. The van der Waals surface area contributed by atoms with Gasteiger partial charge in [0.1, 0.15) is 0 Å². The monoisotopic (exact) mass is 269 g/mol. The summed E-state index contributed by atoms with van der Waals surface area (Å²) < 4.78 is 11.6. The van der Waals surface area contributed by atoms with Crippen LogP contribution in [0.1, 0.15) is 24.3 Å². The molecule has 1 aliphatic rings. The Labute approximate surface area is 120 Å². The molecule has 0 aliphatic carbocycles. The first-order valence-corrected chi connectivity index (χ1v) is 7.36. The summed E-state index contributed by atoms with van der Waals surface area (Å²) in [6, 6.07) is 9.84. The van der Waals surface area contributed by atoms with E-state index in [1.165, 1.54) is 12.8 Å². The third kappa shape index (κ3) is 3.73. The van der Waals surface area contributed by atoms with Crippen molar-refractivity contribution in [3.63, 3.8) is 0 Å². The molecule has 0 amide bonds. The number of benzene rings is 1. The molecule has 1 aliphatic heterocycles. The molecule has 1 aromatic heterocycles. The molecule has 0 spiro atoms. The molecule has 1 saturated heterocycles. The summed E-state index contributed by atoms with van der Waals surface area (Å²) in [6.45, 7) is 4.79. The van der Waals surface area contributed by atoms with Crippen LogP contribution in [0.2, 0.25) is 0 Å². The van der Waals surface area contributed by atoms with Crippen molar-refractivity contribution in [3.05, 3.63) is 47.7 Å². The normalized spacial score (nSPS) is 16.0. The maximum absolute atomic E-state index is 5.86. The first-order valence-electron chi connectivity index (χ1n) is 7.36. The van der Waals surface area contributed by atoms with Crippen LogP contribution in [0.3, 0.4) is 0 Å². The van der Waals surface area contributed by atoms with Crippen molar-refractivity contribution in [2.75, 3.05) is 13.1 Å². The molecule has 20 heavy (non-hydrogen) atoms. The number of rotatable bonds is 5. The van der Waals surface area contributed by atoms with E-state index in [9.17, 15) is 0 Å². The van der Waals surface area contributed by atoms with Gasteiger partial charge in [-0.2, -0.15) is 0 Å². The van der Waals surface area contributed by atoms with Gasteiger partial charge in [-0.05, 0) is 0 Å². The van der Waals surface area contributed by atoms with Gasteiger partial charge in [-0.25, -0.2) is 0 Å². The van der Waals surface area contributed by atoms with Crippen LogP contribution < -0.4 is 10.1 Å². The molecule has 3 nitrogen and oxygen atoms in total. The summed E-state index contributed by atoms with van der Waals surface area (Å²) in [7, 11) is 0. The zero-order valence-electron chi connectivity index (χ0n) is 11.7. The maximum atomic E-state index is 5.86. The van der Waals surface area contributed by atoms with Gasteiger partial charge < -0.3 is 0 Å². The van der Waals surface area contributed by atoms with E-state index in [1.54, 1.807) is 0 Å². The molecule has 1 fully saturated rings. The first kappa shape index (κ1) is 13.4. The Balaban J connectivity index is 1.51. The average molecular weight is 269 g/mol. The van der Waals surface area contributed by atoms with Crippen LogP contribution in [0.5, 0.6) is 5.75 Å². The van der Waals surface area contributed by atoms with Gasteiger partial charge in [-0.3, -0.25) is 0 Å². The number of para-hydroxylation sites is 1. The molecule has 1 N–H and O–H groups in total. The standard InChI is InChI=1S/C16H20BNO2/c1-2-4-14(5-3-1)19-12-16-17-11-15(20-16)10-13-6-8-18-9-7-13/h1-5,11,13,18H,6-10,12H2. The van der Waals surface area contributed by atoms with Gasteiger partial charge in [-0.1, -0.05) is 0 Å². The second kappa shape index (κ2) is 6.75. The quantitative estimate of drug-likeness (QED) is 0.906. The molecule has 2 heterocycles. The Kier molecular flexibility index (Phi) is 4.54. The van der Waals surface area contributed by atoms with Crippen LogP contribution in [0.4, 0.5) is 0 Å². The average Bonchev–Trinajstić information content (AvgIpc) is 2.95. The number of nitrogens with one attached hydrogen (secondary N) is 1. The van der Waals surface area contributed by atoms with E-state index in [-0.39, 0.29) is 0 Å². The van der Waals surface area contributed by atoms with E-state index in [4.69, 9.17) is 9.15 Å². The van der Waals surface area contributed by atoms with Gasteiger partial charge in [0.05, 0.1) is 0 Å². The van der Waals surface area contributed by atoms with Crippen molar-refractivity contribution in [3.8, 4) is 5.75 Å². The van der Waals surface area contributed by atoms with Crippen molar-refractivity contribution in [1.29, 1.82) is 0 Å². The van der Waals surface area contributed by atoms with Crippen LogP contribution in [0, 0.1) is 5.92 Å². The van der Waals surface area contributed by atoms with Crippen LogP contribution in [-0.4, -0.2) is 20.0 Å². The Bertz CT molecular complexity index is 520. The SMILES string of the molecule is b1cc(CC2CCNCC2)oc1COc1ccccc1. The minimum atomic E-state index is 0.496. The Morgan fingerprint density at radius 3 is 2.80 bits per heavy atom. The molecule has 0 unspecified atom stereocenters. The Morgan fingerprint density at radius 2 is 2.00 bits per heavy atom.